The van der Waals surface area contributed by atoms with Gasteiger partial charge in [0.15, 0.2) is 5.06 Å². The smallest absolute Gasteiger partial charge is 0.420 e. The second-order valence-corrected chi connectivity index (χ2v) is 13.1. The van der Waals surface area contributed by atoms with Crippen molar-refractivity contribution in [1.82, 2.24) is 4.90 Å². The number of rotatable bonds is 8. The molecule has 0 N–H and O–H groups in total. The Balaban J connectivity index is 1.10. The van der Waals surface area contributed by atoms with Gasteiger partial charge in [0.2, 0.25) is 0 Å². The quantitative estimate of drug-likeness (QED) is 0.313. The fourth-order valence-corrected chi connectivity index (χ4v) is 6.66. The monoisotopic (exact) mass is 579 g/mol. The number of hydrogen-bond acceptors (Lipinski definition) is 7. The van der Waals surface area contributed by atoms with E-state index in [-0.39, 0.29) is 11.4 Å². The largest absolute Gasteiger partial charge is 0.488 e. The predicted octanol–water partition coefficient (Wildman–Crippen LogP) is 6.28. The summed E-state index contributed by atoms with van der Waals surface area (Å²) in [4.78, 5) is 19.4. The molecule has 2 aromatic carbocycles. The van der Waals surface area contributed by atoms with Gasteiger partial charge in [0, 0.05) is 39.3 Å². The van der Waals surface area contributed by atoms with E-state index >= 15 is 4.39 Å². The number of thiophene rings is 1. The van der Waals surface area contributed by atoms with Gasteiger partial charge in [-0.05, 0) is 91.9 Å². The maximum Gasteiger partial charge on any atom is 0.420 e. The van der Waals surface area contributed by atoms with Crippen molar-refractivity contribution in [3.05, 3.63) is 71.4 Å². The van der Waals surface area contributed by atoms with Gasteiger partial charge in [0.1, 0.15) is 17.2 Å². The number of likely N-dealkylation sites (tertiary alicyclic amines) is 1. The minimum absolute atomic E-state index is 0.215. The van der Waals surface area contributed by atoms with Crippen LogP contribution in [0.3, 0.4) is 0 Å². The third-order valence-electron chi connectivity index (χ3n) is 8.09. The highest BCUT2D eigenvalue weighted by Gasteiger charge is 2.56. The van der Waals surface area contributed by atoms with Crippen LogP contribution in [0.1, 0.15) is 26.3 Å². The summed E-state index contributed by atoms with van der Waals surface area (Å²) in [5.41, 5.74) is 2.12. The van der Waals surface area contributed by atoms with E-state index in [4.69, 9.17) is 14.2 Å². The Bertz CT molecular complexity index is 1330. The van der Waals surface area contributed by atoms with E-state index in [2.05, 4.69) is 17.0 Å². The van der Waals surface area contributed by atoms with E-state index in [0.717, 1.165) is 25.4 Å². The Hall–Kier alpha value is -3.14. The topological polar surface area (TPSA) is 54.5 Å². The molecule has 2 aliphatic heterocycles. The molecule has 7 nitrogen and oxygen atoms in total. The lowest BCUT2D eigenvalue weighted by Gasteiger charge is -2.30. The number of fused-ring (bicyclic) bond motifs is 1. The third-order valence-corrected chi connectivity index (χ3v) is 8.84. The molecule has 3 fully saturated rings. The summed E-state index contributed by atoms with van der Waals surface area (Å²) in [6, 6.07) is 17.1. The van der Waals surface area contributed by atoms with E-state index in [0.29, 0.717) is 67.0 Å². The number of nitrogens with zero attached hydrogens (tertiary/aromatic N) is 3. The molecule has 2 saturated heterocycles. The van der Waals surface area contributed by atoms with Gasteiger partial charge < -0.3 is 19.1 Å². The van der Waals surface area contributed by atoms with Crippen LogP contribution in [0.4, 0.5) is 20.6 Å². The lowest BCUT2D eigenvalue weighted by molar-refractivity contribution is 0.122. The average molecular weight is 580 g/mol. The van der Waals surface area contributed by atoms with Crippen LogP contribution >= 0.6 is 11.3 Å². The van der Waals surface area contributed by atoms with Crippen molar-refractivity contribution in [2.45, 2.75) is 32.9 Å². The standard InChI is InChI=1S/C32H38FN3O4S/c1-32(2,3)40-24-9-6-22(7-10-24)18-34-19-25-26(20-34)27(25)21-36(31(37)39-30-5-4-16-41-30)23-8-11-29(28(33)17-23)35-12-14-38-15-13-35/h4-11,16-17,25-27H,12-15,18-21H2,1-3H3. The molecular formula is C32H38FN3O4S. The van der Waals surface area contributed by atoms with Crippen LogP contribution in [-0.4, -0.2) is 62.5 Å². The lowest BCUT2D eigenvalue weighted by Crippen LogP contribution is -2.38. The minimum atomic E-state index is -0.467. The fraction of sp³-hybridized carbons (Fsp3) is 0.469. The molecule has 218 valence electrons. The Morgan fingerprint density at radius 3 is 2.44 bits per heavy atom. The van der Waals surface area contributed by atoms with Crippen LogP contribution in [-0.2, 0) is 11.3 Å². The van der Waals surface area contributed by atoms with Crippen LogP contribution in [0.2, 0.25) is 0 Å². The first-order valence-electron chi connectivity index (χ1n) is 14.4. The first-order valence-corrected chi connectivity index (χ1v) is 15.3. The van der Waals surface area contributed by atoms with Crippen molar-refractivity contribution in [3.8, 4) is 10.8 Å². The van der Waals surface area contributed by atoms with Crippen molar-refractivity contribution in [2.75, 3.05) is 55.7 Å². The zero-order chi connectivity index (χ0) is 28.6. The molecule has 1 saturated carbocycles. The van der Waals surface area contributed by atoms with Gasteiger partial charge in [-0.25, -0.2) is 9.18 Å². The van der Waals surface area contributed by atoms with E-state index in [1.165, 1.54) is 23.0 Å². The summed E-state index contributed by atoms with van der Waals surface area (Å²) in [7, 11) is 0. The van der Waals surface area contributed by atoms with Crippen molar-refractivity contribution in [2.24, 2.45) is 17.8 Å². The first-order chi connectivity index (χ1) is 19.7. The number of morpholine rings is 1. The first kappa shape index (κ1) is 28.0. The van der Waals surface area contributed by atoms with Crippen molar-refractivity contribution in [3.63, 3.8) is 0 Å². The van der Waals surface area contributed by atoms with E-state index in [1.54, 1.807) is 17.0 Å². The lowest BCUT2D eigenvalue weighted by atomic mass is 10.1. The van der Waals surface area contributed by atoms with Crippen molar-refractivity contribution < 1.29 is 23.4 Å². The maximum absolute atomic E-state index is 15.3. The molecule has 41 heavy (non-hydrogen) atoms. The number of anilines is 2. The number of ether oxygens (including phenoxy) is 3. The molecule has 6 rings (SSSR count). The van der Waals surface area contributed by atoms with Crippen molar-refractivity contribution >= 4 is 28.8 Å². The zero-order valence-electron chi connectivity index (χ0n) is 23.9. The summed E-state index contributed by atoms with van der Waals surface area (Å²) in [5.74, 6) is 1.96. The zero-order valence-corrected chi connectivity index (χ0v) is 24.7. The SMILES string of the molecule is CC(C)(C)Oc1ccc(CN2CC3C(C2)C3CN(C(=O)Oc2cccs2)c2ccc(N3CCOCC3)c(F)c2)cc1. The van der Waals surface area contributed by atoms with E-state index in [1.807, 2.05) is 55.3 Å². The van der Waals surface area contributed by atoms with Gasteiger partial charge >= 0.3 is 6.09 Å². The minimum Gasteiger partial charge on any atom is -0.488 e. The number of benzene rings is 2. The summed E-state index contributed by atoms with van der Waals surface area (Å²) >= 11 is 1.37. The Morgan fingerprint density at radius 2 is 1.80 bits per heavy atom. The van der Waals surface area contributed by atoms with Crippen LogP contribution in [0.15, 0.2) is 60.0 Å². The molecule has 0 spiro atoms. The summed E-state index contributed by atoms with van der Waals surface area (Å²) in [5, 5.41) is 2.40. The number of piperidine rings is 1. The third kappa shape index (κ3) is 6.68. The van der Waals surface area contributed by atoms with Crippen LogP contribution in [0.25, 0.3) is 0 Å². The molecule has 2 atom stereocenters. The van der Waals surface area contributed by atoms with Gasteiger partial charge in [0.25, 0.3) is 0 Å². The van der Waals surface area contributed by atoms with Crippen LogP contribution in [0, 0.1) is 23.6 Å². The molecule has 3 aromatic rings. The average Bonchev–Trinajstić information content (AvgIpc) is 3.28. The van der Waals surface area contributed by atoms with E-state index in [9.17, 15) is 4.79 Å². The van der Waals surface area contributed by atoms with Crippen LogP contribution in [0.5, 0.6) is 10.8 Å². The molecule has 1 aliphatic carbocycles. The molecule has 3 aliphatic rings. The maximum atomic E-state index is 15.3. The molecule has 3 heterocycles. The van der Waals surface area contributed by atoms with Crippen molar-refractivity contribution in [1.29, 1.82) is 0 Å². The molecule has 0 bridgehead atoms. The molecular weight excluding hydrogens is 541 g/mol. The van der Waals surface area contributed by atoms with Gasteiger partial charge in [-0.15, -0.1) is 11.3 Å². The highest BCUT2D eigenvalue weighted by atomic mass is 32.1. The molecule has 1 aromatic heterocycles. The predicted molar refractivity (Wildman–Crippen MR) is 160 cm³/mol. The highest BCUT2D eigenvalue weighted by Crippen LogP contribution is 2.52. The Morgan fingerprint density at radius 1 is 1.07 bits per heavy atom. The summed E-state index contributed by atoms with van der Waals surface area (Å²) in [6.45, 7) is 12.0. The van der Waals surface area contributed by atoms with E-state index < -0.39 is 6.09 Å². The Labute approximate surface area is 245 Å². The van der Waals surface area contributed by atoms with Gasteiger partial charge in [-0.1, -0.05) is 12.1 Å². The fourth-order valence-electron chi connectivity index (χ4n) is 6.09. The van der Waals surface area contributed by atoms with Gasteiger partial charge in [-0.2, -0.15) is 0 Å². The normalized spacial score (nSPS) is 22.3. The summed E-state index contributed by atoms with van der Waals surface area (Å²) < 4.78 is 32.4. The number of halogens is 1. The molecule has 1 amide bonds. The summed E-state index contributed by atoms with van der Waals surface area (Å²) in [6.07, 6.45) is -0.467. The second kappa shape index (κ2) is 11.6. The van der Waals surface area contributed by atoms with Crippen LogP contribution < -0.4 is 19.3 Å². The van der Waals surface area contributed by atoms with Gasteiger partial charge in [-0.3, -0.25) is 9.80 Å². The second-order valence-electron chi connectivity index (χ2n) is 12.2. The molecule has 9 heteroatoms. The number of carbonyl (C=O) groups is 1. The number of hydrogen-bond donors (Lipinski definition) is 0. The number of amides is 1. The number of carbonyl (C=O) groups excluding carboxylic acids is 1. The molecule has 2 unspecified atom stereocenters. The Kier molecular flexibility index (Phi) is 7.94. The highest BCUT2D eigenvalue weighted by molar-refractivity contribution is 7.11. The molecule has 0 radical (unpaired) electrons. The van der Waals surface area contributed by atoms with Gasteiger partial charge in [0.05, 0.1) is 24.6 Å².